The van der Waals surface area contributed by atoms with E-state index >= 15 is 0 Å². The molecule has 1 fully saturated rings. The molecule has 0 bridgehead atoms. The van der Waals surface area contributed by atoms with Gasteiger partial charge in [-0.3, -0.25) is 4.79 Å². The highest BCUT2D eigenvalue weighted by molar-refractivity contribution is 5.75. The van der Waals surface area contributed by atoms with Crippen LogP contribution in [0.2, 0.25) is 0 Å². The molecule has 3 atom stereocenters. The lowest BCUT2D eigenvalue weighted by Crippen LogP contribution is -2.40. The summed E-state index contributed by atoms with van der Waals surface area (Å²) < 4.78 is 5.32. The highest BCUT2D eigenvalue weighted by Crippen LogP contribution is 2.29. The lowest BCUT2D eigenvalue weighted by Gasteiger charge is -2.30. The molecule has 1 saturated carbocycles. The van der Waals surface area contributed by atoms with E-state index in [-0.39, 0.29) is 12.7 Å². The van der Waals surface area contributed by atoms with Gasteiger partial charge < -0.3 is 15.6 Å². The quantitative estimate of drug-likeness (QED) is 0.681. The highest BCUT2D eigenvalue weighted by atomic mass is 16.5. The SMILES string of the molecule is CCC1CCCCC1OC(=O)[C@H](N)CO. The number of aliphatic hydroxyl groups excluding tert-OH is 1. The Kier molecular flexibility index (Phi) is 5.05. The molecule has 4 heteroatoms. The number of hydrogen-bond donors (Lipinski definition) is 2. The summed E-state index contributed by atoms with van der Waals surface area (Å²) in [5.74, 6) is -0.00329. The van der Waals surface area contributed by atoms with Crippen LogP contribution in [0.5, 0.6) is 0 Å². The van der Waals surface area contributed by atoms with Crippen molar-refractivity contribution in [2.24, 2.45) is 11.7 Å². The monoisotopic (exact) mass is 215 g/mol. The molecule has 0 spiro atoms. The van der Waals surface area contributed by atoms with Gasteiger partial charge in [0.1, 0.15) is 12.1 Å². The van der Waals surface area contributed by atoms with Crippen LogP contribution in [-0.4, -0.2) is 29.8 Å². The maximum Gasteiger partial charge on any atom is 0.325 e. The Labute approximate surface area is 90.8 Å². The molecule has 1 rings (SSSR count). The van der Waals surface area contributed by atoms with Crippen molar-refractivity contribution >= 4 is 5.97 Å². The molecule has 0 aromatic heterocycles. The molecule has 1 aliphatic carbocycles. The average molecular weight is 215 g/mol. The standard InChI is InChI=1S/C11H21NO3/c1-2-8-5-3-4-6-10(8)15-11(14)9(12)7-13/h8-10,13H,2-7,12H2,1H3/t8?,9-,10?/m1/s1. The fraction of sp³-hybridized carbons (Fsp3) is 0.909. The van der Waals surface area contributed by atoms with Crippen molar-refractivity contribution in [1.29, 1.82) is 0 Å². The Morgan fingerprint density at radius 1 is 1.53 bits per heavy atom. The first kappa shape index (κ1) is 12.5. The molecule has 0 aromatic rings. The molecule has 4 nitrogen and oxygen atoms in total. The normalized spacial score (nSPS) is 28.5. The first-order valence-electron chi connectivity index (χ1n) is 5.76. The topological polar surface area (TPSA) is 72.5 Å². The van der Waals surface area contributed by atoms with Gasteiger partial charge in [-0.1, -0.05) is 13.3 Å². The van der Waals surface area contributed by atoms with E-state index in [1.807, 2.05) is 0 Å². The van der Waals surface area contributed by atoms with E-state index in [2.05, 4.69) is 6.92 Å². The van der Waals surface area contributed by atoms with Gasteiger partial charge in [0.15, 0.2) is 0 Å². The smallest absolute Gasteiger partial charge is 0.325 e. The number of hydrogen-bond acceptors (Lipinski definition) is 4. The zero-order chi connectivity index (χ0) is 11.3. The minimum atomic E-state index is -0.885. The third kappa shape index (κ3) is 3.47. The van der Waals surface area contributed by atoms with Gasteiger partial charge >= 0.3 is 5.97 Å². The molecule has 15 heavy (non-hydrogen) atoms. The molecule has 0 amide bonds. The minimum Gasteiger partial charge on any atom is -0.461 e. The predicted molar refractivity (Wildman–Crippen MR) is 57.2 cm³/mol. The van der Waals surface area contributed by atoms with Crippen LogP contribution >= 0.6 is 0 Å². The van der Waals surface area contributed by atoms with Gasteiger partial charge in [0.2, 0.25) is 0 Å². The van der Waals surface area contributed by atoms with E-state index in [4.69, 9.17) is 15.6 Å². The molecule has 3 N–H and O–H groups in total. The Balaban J connectivity index is 2.44. The second-order valence-electron chi connectivity index (χ2n) is 4.22. The van der Waals surface area contributed by atoms with E-state index in [9.17, 15) is 4.79 Å². The van der Waals surface area contributed by atoms with Crippen molar-refractivity contribution in [1.82, 2.24) is 0 Å². The number of aliphatic hydroxyl groups is 1. The largest absolute Gasteiger partial charge is 0.461 e. The second-order valence-corrected chi connectivity index (χ2v) is 4.22. The molecule has 88 valence electrons. The van der Waals surface area contributed by atoms with Crippen LogP contribution in [0, 0.1) is 5.92 Å². The molecule has 1 aliphatic rings. The van der Waals surface area contributed by atoms with Crippen molar-refractivity contribution in [3.8, 4) is 0 Å². The molecule has 0 saturated heterocycles. The Bertz CT molecular complexity index is 208. The van der Waals surface area contributed by atoms with Crippen LogP contribution in [0.1, 0.15) is 39.0 Å². The van der Waals surface area contributed by atoms with E-state index in [1.54, 1.807) is 0 Å². The molecule has 0 aromatic carbocycles. The molecule has 2 unspecified atom stereocenters. The lowest BCUT2D eigenvalue weighted by molar-refractivity contribution is -0.156. The number of rotatable bonds is 4. The van der Waals surface area contributed by atoms with Crippen molar-refractivity contribution in [3.63, 3.8) is 0 Å². The summed E-state index contributed by atoms with van der Waals surface area (Å²) in [4.78, 5) is 11.4. The summed E-state index contributed by atoms with van der Waals surface area (Å²) in [6.07, 6.45) is 5.44. The molecule has 0 aliphatic heterocycles. The number of carbonyl (C=O) groups is 1. The van der Waals surface area contributed by atoms with Gasteiger partial charge in [-0.2, -0.15) is 0 Å². The number of esters is 1. The number of ether oxygens (including phenoxy) is 1. The van der Waals surface area contributed by atoms with E-state index in [0.717, 1.165) is 25.7 Å². The van der Waals surface area contributed by atoms with E-state index in [1.165, 1.54) is 6.42 Å². The Hall–Kier alpha value is -0.610. The number of nitrogens with two attached hydrogens (primary N) is 1. The van der Waals surface area contributed by atoms with Crippen LogP contribution in [0.4, 0.5) is 0 Å². The zero-order valence-corrected chi connectivity index (χ0v) is 9.32. The summed E-state index contributed by atoms with van der Waals surface area (Å²) in [5.41, 5.74) is 5.40. The van der Waals surface area contributed by atoms with Gasteiger partial charge in [-0.25, -0.2) is 0 Å². The van der Waals surface area contributed by atoms with E-state index in [0.29, 0.717) is 5.92 Å². The average Bonchev–Trinajstić information content (AvgIpc) is 2.28. The van der Waals surface area contributed by atoms with Crippen LogP contribution in [0.3, 0.4) is 0 Å². The summed E-state index contributed by atoms with van der Waals surface area (Å²) >= 11 is 0. The summed E-state index contributed by atoms with van der Waals surface area (Å²) in [5, 5.41) is 8.73. The third-order valence-corrected chi connectivity index (χ3v) is 3.13. The summed E-state index contributed by atoms with van der Waals surface area (Å²) in [6, 6.07) is -0.885. The fourth-order valence-electron chi connectivity index (χ4n) is 2.11. The molecule has 0 heterocycles. The Morgan fingerprint density at radius 2 is 2.20 bits per heavy atom. The first-order chi connectivity index (χ1) is 7.19. The second kappa shape index (κ2) is 6.08. The third-order valence-electron chi connectivity index (χ3n) is 3.13. The van der Waals surface area contributed by atoms with Crippen molar-refractivity contribution in [3.05, 3.63) is 0 Å². The maximum absolute atomic E-state index is 11.4. The van der Waals surface area contributed by atoms with Gasteiger partial charge in [0.25, 0.3) is 0 Å². The van der Waals surface area contributed by atoms with Gasteiger partial charge in [-0.05, 0) is 31.6 Å². The van der Waals surface area contributed by atoms with Gasteiger partial charge in [-0.15, -0.1) is 0 Å². The molecular formula is C11H21NO3. The summed E-state index contributed by atoms with van der Waals surface area (Å²) in [7, 11) is 0. The maximum atomic E-state index is 11.4. The van der Waals surface area contributed by atoms with Crippen LogP contribution in [-0.2, 0) is 9.53 Å². The van der Waals surface area contributed by atoms with E-state index < -0.39 is 12.0 Å². The predicted octanol–water partition coefficient (Wildman–Crippen LogP) is 0.818. The van der Waals surface area contributed by atoms with Crippen LogP contribution in [0.25, 0.3) is 0 Å². The molecular weight excluding hydrogens is 194 g/mol. The van der Waals surface area contributed by atoms with Crippen molar-refractivity contribution < 1.29 is 14.6 Å². The van der Waals surface area contributed by atoms with Gasteiger partial charge in [0, 0.05) is 0 Å². The van der Waals surface area contributed by atoms with Crippen LogP contribution in [0.15, 0.2) is 0 Å². The first-order valence-corrected chi connectivity index (χ1v) is 5.76. The molecule has 0 radical (unpaired) electrons. The Morgan fingerprint density at radius 3 is 2.80 bits per heavy atom. The fourth-order valence-corrected chi connectivity index (χ4v) is 2.11. The number of carbonyl (C=O) groups excluding carboxylic acids is 1. The van der Waals surface area contributed by atoms with Crippen molar-refractivity contribution in [2.75, 3.05) is 6.61 Å². The lowest BCUT2D eigenvalue weighted by atomic mass is 9.85. The zero-order valence-electron chi connectivity index (χ0n) is 9.32. The highest BCUT2D eigenvalue weighted by Gasteiger charge is 2.28. The van der Waals surface area contributed by atoms with Crippen LogP contribution < -0.4 is 5.73 Å². The summed E-state index contributed by atoms with van der Waals surface area (Å²) in [6.45, 7) is 1.77. The minimum absolute atomic E-state index is 0.00819. The van der Waals surface area contributed by atoms with Gasteiger partial charge in [0.05, 0.1) is 6.61 Å². The van der Waals surface area contributed by atoms with Crippen molar-refractivity contribution in [2.45, 2.75) is 51.2 Å².